The second kappa shape index (κ2) is 6.87. The summed E-state index contributed by atoms with van der Waals surface area (Å²) in [4.78, 5) is 25.3. The Labute approximate surface area is 148 Å². The smallest absolute Gasteiger partial charge is 0.261 e. The third-order valence-electron chi connectivity index (χ3n) is 4.05. The second-order valence-electron chi connectivity index (χ2n) is 5.66. The molecule has 26 heavy (non-hydrogen) atoms. The number of methoxy groups -OCH3 is 2. The summed E-state index contributed by atoms with van der Waals surface area (Å²) in [6, 6.07) is 8.80. The van der Waals surface area contributed by atoms with Gasteiger partial charge in [0.15, 0.2) is 0 Å². The molecule has 0 saturated heterocycles. The molecular weight excluding hydrogens is 339 g/mol. The minimum atomic E-state index is -0.622. The summed E-state index contributed by atoms with van der Waals surface area (Å²) in [6.07, 6.45) is 1.42. The first-order valence-corrected chi connectivity index (χ1v) is 7.77. The van der Waals surface area contributed by atoms with Crippen LogP contribution in [0.15, 0.2) is 47.4 Å². The van der Waals surface area contributed by atoms with E-state index in [0.29, 0.717) is 22.7 Å². The number of benzene rings is 2. The van der Waals surface area contributed by atoms with Gasteiger partial charge in [-0.1, -0.05) is 0 Å². The van der Waals surface area contributed by atoms with Gasteiger partial charge in [0, 0.05) is 24.7 Å². The van der Waals surface area contributed by atoms with Gasteiger partial charge in [0.2, 0.25) is 5.43 Å². The molecule has 0 aliphatic heterocycles. The van der Waals surface area contributed by atoms with Crippen LogP contribution in [-0.4, -0.2) is 24.7 Å². The molecule has 0 bridgehead atoms. The number of hydrogen-bond acceptors (Lipinski definition) is 4. The zero-order valence-electron chi connectivity index (χ0n) is 14.5. The SMILES string of the molecule is COc1ccc(OC)c(NC(=O)c2cn(C)c3ccc(F)cc3c2=O)c1. The van der Waals surface area contributed by atoms with Crippen LogP contribution in [0, 0.1) is 5.82 Å². The van der Waals surface area contributed by atoms with Crippen LogP contribution in [0.1, 0.15) is 10.4 Å². The number of carbonyl (C=O) groups is 1. The van der Waals surface area contributed by atoms with Crippen molar-refractivity contribution in [3.63, 3.8) is 0 Å². The minimum Gasteiger partial charge on any atom is -0.497 e. The summed E-state index contributed by atoms with van der Waals surface area (Å²) in [5.74, 6) is -0.220. The number of anilines is 1. The molecule has 1 heterocycles. The second-order valence-corrected chi connectivity index (χ2v) is 5.66. The lowest BCUT2D eigenvalue weighted by Gasteiger charge is -2.13. The van der Waals surface area contributed by atoms with Gasteiger partial charge in [-0.2, -0.15) is 0 Å². The zero-order chi connectivity index (χ0) is 18.8. The van der Waals surface area contributed by atoms with Gasteiger partial charge in [-0.3, -0.25) is 9.59 Å². The van der Waals surface area contributed by atoms with Gasteiger partial charge < -0.3 is 19.4 Å². The lowest BCUT2D eigenvalue weighted by Crippen LogP contribution is -2.23. The highest BCUT2D eigenvalue weighted by Gasteiger charge is 2.17. The Morgan fingerprint density at radius 2 is 1.88 bits per heavy atom. The summed E-state index contributed by atoms with van der Waals surface area (Å²) in [5, 5.41) is 2.79. The first-order chi connectivity index (χ1) is 12.4. The quantitative estimate of drug-likeness (QED) is 0.780. The summed E-state index contributed by atoms with van der Waals surface area (Å²) in [7, 11) is 4.65. The van der Waals surface area contributed by atoms with E-state index in [1.807, 2.05) is 0 Å². The minimum absolute atomic E-state index is 0.101. The van der Waals surface area contributed by atoms with E-state index in [4.69, 9.17) is 9.47 Å². The number of aryl methyl sites for hydroxylation is 1. The van der Waals surface area contributed by atoms with Crippen molar-refractivity contribution in [2.24, 2.45) is 7.05 Å². The van der Waals surface area contributed by atoms with Gasteiger partial charge in [0.1, 0.15) is 22.9 Å². The molecule has 1 amide bonds. The fourth-order valence-corrected chi connectivity index (χ4v) is 2.73. The topological polar surface area (TPSA) is 69.6 Å². The maximum atomic E-state index is 13.5. The van der Waals surface area contributed by atoms with E-state index in [9.17, 15) is 14.0 Å². The summed E-state index contributed by atoms with van der Waals surface area (Å²) >= 11 is 0. The predicted molar refractivity (Wildman–Crippen MR) is 96.6 cm³/mol. The Morgan fingerprint density at radius 1 is 1.12 bits per heavy atom. The van der Waals surface area contributed by atoms with Crippen LogP contribution in [0.25, 0.3) is 10.9 Å². The van der Waals surface area contributed by atoms with Gasteiger partial charge in [0.25, 0.3) is 5.91 Å². The normalized spacial score (nSPS) is 10.6. The fraction of sp³-hybridized carbons (Fsp3) is 0.158. The number of carbonyl (C=O) groups excluding carboxylic acids is 1. The molecule has 1 aromatic heterocycles. The van der Waals surface area contributed by atoms with E-state index < -0.39 is 17.2 Å². The number of pyridine rings is 1. The van der Waals surface area contributed by atoms with E-state index >= 15 is 0 Å². The summed E-state index contributed by atoms with van der Waals surface area (Å²) in [5.41, 5.74) is 0.248. The van der Waals surface area contributed by atoms with E-state index in [1.165, 1.54) is 32.5 Å². The maximum absolute atomic E-state index is 13.5. The highest BCUT2D eigenvalue weighted by Crippen LogP contribution is 2.29. The first kappa shape index (κ1) is 17.5. The van der Waals surface area contributed by atoms with Crippen molar-refractivity contribution in [3.05, 3.63) is 64.2 Å². The van der Waals surface area contributed by atoms with Gasteiger partial charge in [0.05, 0.1) is 25.4 Å². The molecule has 7 heteroatoms. The Hall–Kier alpha value is -3.35. The van der Waals surface area contributed by atoms with E-state index in [1.54, 1.807) is 29.8 Å². The third kappa shape index (κ3) is 3.11. The molecule has 134 valence electrons. The molecule has 0 fully saturated rings. The molecule has 0 spiro atoms. The van der Waals surface area contributed by atoms with Crippen LogP contribution in [0.2, 0.25) is 0 Å². The average Bonchev–Trinajstić information content (AvgIpc) is 2.64. The first-order valence-electron chi connectivity index (χ1n) is 7.77. The predicted octanol–water partition coefficient (Wildman–Crippen LogP) is 2.95. The average molecular weight is 356 g/mol. The molecule has 2 aromatic carbocycles. The van der Waals surface area contributed by atoms with Crippen molar-refractivity contribution in [1.29, 1.82) is 0 Å². The Bertz CT molecular complexity index is 1060. The van der Waals surface area contributed by atoms with Gasteiger partial charge in [-0.15, -0.1) is 0 Å². The van der Waals surface area contributed by atoms with E-state index in [-0.39, 0.29) is 10.9 Å². The van der Waals surface area contributed by atoms with Crippen LogP contribution in [0.3, 0.4) is 0 Å². The van der Waals surface area contributed by atoms with Crippen LogP contribution in [0.4, 0.5) is 10.1 Å². The number of nitrogens with zero attached hydrogens (tertiary/aromatic N) is 1. The van der Waals surface area contributed by atoms with Crippen molar-refractivity contribution in [1.82, 2.24) is 4.57 Å². The van der Waals surface area contributed by atoms with Crippen molar-refractivity contribution < 1.29 is 18.7 Å². The number of amides is 1. The standard InChI is InChI=1S/C19H17FN2O4/c1-22-10-14(18(23)13-8-11(20)4-6-16(13)22)19(24)21-15-9-12(25-2)5-7-17(15)26-3/h4-10H,1-3H3,(H,21,24). The molecule has 0 aliphatic rings. The molecule has 3 aromatic rings. The third-order valence-corrected chi connectivity index (χ3v) is 4.05. The molecule has 0 atom stereocenters. The highest BCUT2D eigenvalue weighted by atomic mass is 19.1. The molecule has 6 nitrogen and oxygen atoms in total. The summed E-state index contributed by atoms with van der Waals surface area (Å²) in [6.45, 7) is 0. The number of fused-ring (bicyclic) bond motifs is 1. The zero-order valence-corrected chi connectivity index (χ0v) is 14.5. The van der Waals surface area contributed by atoms with Crippen LogP contribution < -0.4 is 20.2 Å². The van der Waals surface area contributed by atoms with Crippen LogP contribution in [0.5, 0.6) is 11.5 Å². The number of rotatable bonds is 4. The van der Waals surface area contributed by atoms with Crippen LogP contribution in [-0.2, 0) is 7.05 Å². The van der Waals surface area contributed by atoms with Crippen molar-refractivity contribution in [2.75, 3.05) is 19.5 Å². The van der Waals surface area contributed by atoms with E-state index in [2.05, 4.69) is 5.32 Å². The number of hydrogen-bond donors (Lipinski definition) is 1. The van der Waals surface area contributed by atoms with Crippen molar-refractivity contribution in [2.45, 2.75) is 0 Å². The highest BCUT2D eigenvalue weighted by molar-refractivity contribution is 6.06. The van der Waals surface area contributed by atoms with Crippen molar-refractivity contribution >= 4 is 22.5 Å². The molecule has 1 N–H and O–H groups in total. The maximum Gasteiger partial charge on any atom is 0.261 e. The molecule has 0 radical (unpaired) electrons. The Balaban J connectivity index is 2.06. The summed E-state index contributed by atoms with van der Waals surface area (Å²) < 4.78 is 25.5. The lowest BCUT2D eigenvalue weighted by atomic mass is 10.1. The number of aromatic nitrogens is 1. The van der Waals surface area contributed by atoms with Crippen LogP contribution >= 0.6 is 0 Å². The van der Waals surface area contributed by atoms with Gasteiger partial charge in [-0.05, 0) is 30.3 Å². The largest absolute Gasteiger partial charge is 0.497 e. The molecule has 0 aliphatic carbocycles. The molecule has 3 rings (SSSR count). The lowest BCUT2D eigenvalue weighted by molar-refractivity contribution is 0.102. The number of nitrogens with one attached hydrogen (secondary N) is 1. The molecule has 0 saturated carbocycles. The Kier molecular flexibility index (Phi) is 4.62. The molecular formula is C19H17FN2O4. The molecule has 0 unspecified atom stereocenters. The van der Waals surface area contributed by atoms with Crippen molar-refractivity contribution in [3.8, 4) is 11.5 Å². The number of ether oxygens (including phenoxy) is 2. The Morgan fingerprint density at radius 3 is 2.58 bits per heavy atom. The van der Waals surface area contributed by atoms with E-state index in [0.717, 1.165) is 6.07 Å². The van der Waals surface area contributed by atoms with Gasteiger partial charge in [-0.25, -0.2) is 4.39 Å². The fourth-order valence-electron chi connectivity index (χ4n) is 2.73. The van der Waals surface area contributed by atoms with Gasteiger partial charge >= 0.3 is 0 Å². The monoisotopic (exact) mass is 356 g/mol. The number of halogens is 1.